The zero-order valence-corrected chi connectivity index (χ0v) is 9.33. The maximum absolute atomic E-state index is 9.32. The second-order valence-corrected chi connectivity index (χ2v) is 4.46. The van der Waals surface area contributed by atoms with Crippen LogP contribution in [0, 0.1) is 5.92 Å². The van der Waals surface area contributed by atoms with Gasteiger partial charge in [0.25, 0.3) is 0 Å². The van der Waals surface area contributed by atoms with Crippen molar-refractivity contribution >= 4 is 0 Å². The van der Waals surface area contributed by atoms with Crippen LogP contribution in [0.3, 0.4) is 0 Å². The zero-order valence-electron chi connectivity index (χ0n) is 9.33. The lowest BCUT2D eigenvalue weighted by atomic mass is 10.1. The van der Waals surface area contributed by atoms with Crippen LogP contribution < -0.4 is 5.32 Å². The summed E-state index contributed by atoms with van der Waals surface area (Å²) in [6, 6.07) is 0. The summed E-state index contributed by atoms with van der Waals surface area (Å²) in [4.78, 5) is 0. The van der Waals surface area contributed by atoms with Crippen molar-refractivity contribution in [1.29, 1.82) is 0 Å². The van der Waals surface area contributed by atoms with Gasteiger partial charge in [-0.1, -0.05) is 0 Å². The van der Waals surface area contributed by atoms with Gasteiger partial charge in [-0.2, -0.15) is 0 Å². The highest BCUT2D eigenvalue weighted by molar-refractivity contribution is 4.75. The summed E-state index contributed by atoms with van der Waals surface area (Å²) in [5.74, 6) is 0.670. The third kappa shape index (κ3) is 4.94. The van der Waals surface area contributed by atoms with E-state index in [1.165, 1.54) is 6.42 Å². The molecule has 84 valence electrons. The Morgan fingerprint density at radius 2 is 2.21 bits per heavy atom. The van der Waals surface area contributed by atoms with Gasteiger partial charge in [0, 0.05) is 6.54 Å². The molecule has 1 saturated carbocycles. The van der Waals surface area contributed by atoms with Gasteiger partial charge in [-0.05, 0) is 45.6 Å². The second kappa shape index (κ2) is 6.38. The van der Waals surface area contributed by atoms with Gasteiger partial charge in [0.05, 0.1) is 18.8 Å². The molecule has 0 aliphatic heterocycles. The molecule has 14 heavy (non-hydrogen) atoms. The molecule has 0 saturated heterocycles. The predicted molar refractivity (Wildman–Crippen MR) is 57.3 cm³/mol. The summed E-state index contributed by atoms with van der Waals surface area (Å²) >= 11 is 0. The number of rotatable bonds is 6. The van der Waals surface area contributed by atoms with E-state index >= 15 is 0 Å². The van der Waals surface area contributed by atoms with E-state index in [1.54, 1.807) is 0 Å². The fraction of sp³-hybridized carbons (Fsp3) is 1.00. The van der Waals surface area contributed by atoms with Crippen molar-refractivity contribution in [2.24, 2.45) is 5.92 Å². The monoisotopic (exact) mass is 201 g/mol. The molecule has 1 aliphatic carbocycles. The van der Waals surface area contributed by atoms with Crippen molar-refractivity contribution in [2.45, 2.75) is 45.3 Å². The first-order valence-electron chi connectivity index (χ1n) is 5.69. The van der Waals surface area contributed by atoms with Crippen LogP contribution in [0.1, 0.15) is 33.1 Å². The van der Waals surface area contributed by atoms with E-state index < -0.39 is 0 Å². The molecule has 0 aromatic heterocycles. The first-order chi connectivity index (χ1) is 6.68. The van der Waals surface area contributed by atoms with Gasteiger partial charge in [-0.3, -0.25) is 0 Å². The van der Waals surface area contributed by atoms with Gasteiger partial charge >= 0.3 is 0 Å². The molecule has 2 unspecified atom stereocenters. The predicted octanol–water partition coefficient (Wildman–Crippen LogP) is 1.16. The van der Waals surface area contributed by atoms with Crippen molar-refractivity contribution in [3.63, 3.8) is 0 Å². The molecule has 2 atom stereocenters. The van der Waals surface area contributed by atoms with Gasteiger partial charge in [0.1, 0.15) is 0 Å². The highest BCUT2D eigenvalue weighted by Gasteiger charge is 2.21. The quantitative estimate of drug-likeness (QED) is 0.634. The number of nitrogens with one attached hydrogen (secondary N) is 1. The van der Waals surface area contributed by atoms with Gasteiger partial charge in [0.2, 0.25) is 0 Å². The van der Waals surface area contributed by atoms with E-state index in [2.05, 4.69) is 5.32 Å². The van der Waals surface area contributed by atoms with Crippen molar-refractivity contribution < 1.29 is 9.84 Å². The first kappa shape index (κ1) is 12.0. The van der Waals surface area contributed by atoms with E-state index in [4.69, 9.17) is 4.74 Å². The van der Waals surface area contributed by atoms with E-state index in [0.29, 0.717) is 12.0 Å². The van der Waals surface area contributed by atoms with Gasteiger partial charge in [-0.15, -0.1) is 0 Å². The third-order valence-electron chi connectivity index (χ3n) is 2.68. The van der Waals surface area contributed by atoms with Crippen LogP contribution in [0.25, 0.3) is 0 Å². The Bertz CT molecular complexity index is 150. The summed E-state index contributed by atoms with van der Waals surface area (Å²) in [5.41, 5.74) is 0. The average Bonchev–Trinajstić information content (AvgIpc) is 2.50. The van der Waals surface area contributed by atoms with E-state index in [0.717, 1.165) is 32.5 Å². The highest BCUT2D eigenvalue weighted by atomic mass is 16.5. The van der Waals surface area contributed by atoms with Crippen molar-refractivity contribution in [3.8, 4) is 0 Å². The molecule has 0 heterocycles. The summed E-state index contributed by atoms with van der Waals surface area (Å²) in [6.07, 6.45) is 3.39. The third-order valence-corrected chi connectivity index (χ3v) is 2.68. The van der Waals surface area contributed by atoms with Crippen LogP contribution in [0.2, 0.25) is 0 Å². The van der Waals surface area contributed by atoms with Crippen LogP contribution >= 0.6 is 0 Å². The van der Waals surface area contributed by atoms with E-state index in [-0.39, 0.29) is 6.10 Å². The first-order valence-corrected chi connectivity index (χ1v) is 5.69. The molecule has 1 aliphatic rings. The van der Waals surface area contributed by atoms with Crippen molar-refractivity contribution in [1.82, 2.24) is 5.32 Å². The molecular weight excluding hydrogens is 178 g/mol. The molecule has 0 aromatic rings. The van der Waals surface area contributed by atoms with E-state index in [9.17, 15) is 5.11 Å². The highest BCUT2D eigenvalue weighted by Crippen LogP contribution is 2.24. The Morgan fingerprint density at radius 1 is 1.43 bits per heavy atom. The Hall–Kier alpha value is -0.120. The number of aliphatic hydroxyl groups is 1. The largest absolute Gasteiger partial charge is 0.393 e. The van der Waals surface area contributed by atoms with Crippen molar-refractivity contribution in [2.75, 3.05) is 19.7 Å². The smallest absolute Gasteiger partial charge is 0.0594 e. The lowest BCUT2D eigenvalue weighted by molar-refractivity contribution is 0.0803. The standard InChI is InChI=1S/C11H23NO2/c1-9(2)14-6-5-12-8-10-3-4-11(13)7-10/h9-13H,3-8H2,1-2H3. The Labute approximate surface area is 86.8 Å². The minimum absolute atomic E-state index is 0.0475. The van der Waals surface area contributed by atoms with Crippen LogP contribution in [-0.2, 0) is 4.74 Å². The second-order valence-electron chi connectivity index (χ2n) is 4.46. The fourth-order valence-corrected chi connectivity index (χ4v) is 1.91. The molecule has 0 spiro atoms. The topological polar surface area (TPSA) is 41.5 Å². The van der Waals surface area contributed by atoms with Crippen LogP contribution in [0.15, 0.2) is 0 Å². The lowest BCUT2D eigenvalue weighted by Crippen LogP contribution is -2.26. The molecule has 2 N–H and O–H groups in total. The molecular formula is C11H23NO2. The molecule has 3 nitrogen and oxygen atoms in total. The lowest BCUT2D eigenvalue weighted by Gasteiger charge is -2.12. The number of hydrogen-bond donors (Lipinski definition) is 2. The van der Waals surface area contributed by atoms with Gasteiger partial charge < -0.3 is 15.2 Å². The zero-order chi connectivity index (χ0) is 10.4. The Kier molecular flexibility index (Phi) is 5.45. The number of aliphatic hydroxyl groups excluding tert-OH is 1. The Morgan fingerprint density at radius 3 is 2.79 bits per heavy atom. The molecule has 1 fully saturated rings. The average molecular weight is 201 g/mol. The summed E-state index contributed by atoms with van der Waals surface area (Å²) < 4.78 is 5.42. The maximum Gasteiger partial charge on any atom is 0.0594 e. The fourth-order valence-electron chi connectivity index (χ4n) is 1.91. The molecule has 1 rings (SSSR count). The summed E-state index contributed by atoms with van der Waals surface area (Å²) in [5, 5.41) is 12.7. The number of hydrogen-bond acceptors (Lipinski definition) is 3. The van der Waals surface area contributed by atoms with Gasteiger partial charge in [0.15, 0.2) is 0 Å². The van der Waals surface area contributed by atoms with E-state index in [1.807, 2.05) is 13.8 Å². The molecule has 0 radical (unpaired) electrons. The minimum atomic E-state index is -0.0475. The maximum atomic E-state index is 9.32. The molecule has 0 aromatic carbocycles. The van der Waals surface area contributed by atoms with Crippen LogP contribution in [-0.4, -0.2) is 37.0 Å². The Balaban J connectivity index is 1.89. The minimum Gasteiger partial charge on any atom is -0.393 e. The summed E-state index contributed by atoms with van der Waals surface area (Å²) in [6.45, 7) is 6.83. The molecule has 0 bridgehead atoms. The molecule has 0 amide bonds. The van der Waals surface area contributed by atoms with Gasteiger partial charge in [-0.25, -0.2) is 0 Å². The van der Waals surface area contributed by atoms with Crippen molar-refractivity contribution in [3.05, 3.63) is 0 Å². The number of ether oxygens (including phenoxy) is 1. The molecule has 3 heteroatoms. The summed E-state index contributed by atoms with van der Waals surface area (Å²) in [7, 11) is 0. The normalized spacial score (nSPS) is 27.4. The SMILES string of the molecule is CC(C)OCCNCC1CCC(O)C1. The van der Waals surface area contributed by atoms with Crippen LogP contribution in [0.5, 0.6) is 0 Å². The van der Waals surface area contributed by atoms with Crippen LogP contribution in [0.4, 0.5) is 0 Å².